The van der Waals surface area contributed by atoms with Crippen molar-refractivity contribution in [3.63, 3.8) is 0 Å². The molecule has 1 aromatic carbocycles. The van der Waals surface area contributed by atoms with E-state index in [1.807, 2.05) is 4.90 Å². The molecule has 3 rings (SSSR count). The largest absolute Gasteiger partial charge is 0.391 e. The Morgan fingerprint density at radius 2 is 2.22 bits per heavy atom. The number of anilines is 1. The zero-order valence-electron chi connectivity index (χ0n) is 9.31. The van der Waals surface area contributed by atoms with Gasteiger partial charge in [0.05, 0.1) is 16.7 Å². The molecular weight excluding hydrogens is 240 g/mol. The number of hydrogen-bond acceptors (Lipinski definition) is 7. The van der Waals surface area contributed by atoms with Gasteiger partial charge in [0.15, 0.2) is 5.52 Å². The minimum atomic E-state index is -0.519. The van der Waals surface area contributed by atoms with Crippen molar-refractivity contribution in [1.29, 1.82) is 0 Å². The van der Waals surface area contributed by atoms with Crippen molar-refractivity contribution >= 4 is 22.4 Å². The van der Waals surface area contributed by atoms with Crippen LogP contribution in [-0.4, -0.2) is 39.5 Å². The minimum absolute atomic E-state index is 0.130. The number of nitro benzene ring substituents is 1. The third kappa shape index (κ3) is 1.58. The van der Waals surface area contributed by atoms with E-state index in [-0.39, 0.29) is 17.3 Å². The van der Waals surface area contributed by atoms with Gasteiger partial charge in [-0.2, -0.15) is 0 Å². The monoisotopic (exact) mass is 250 g/mol. The van der Waals surface area contributed by atoms with Crippen molar-refractivity contribution in [1.82, 2.24) is 10.3 Å². The molecule has 8 nitrogen and oxygen atoms in total. The zero-order chi connectivity index (χ0) is 12.7. The standard InChI is InChI=1S/C10H10N4O4/c15-6-3-4-13(5-6)7-1-2-8(14(16)17)10-9(7)11-18-12-10/h1-2,6,15H,3-5H2. The van der Waals surface area contributed by atoms with E-state index >= 15 is 0 Å². The Hall–Kier alpha value is -2.22. The van der Waals surface area contributed by atoms with E-state index in [1.54, 1.807) is 6.07 Å². The molecule has 0 bridgehead atoms. The van der Waals surface area contributed by atoms with Gasteiger partial charge in [-0.25, -0.2) is 4.63 Å². The van der Waals surface area contributed by atoms with Gasteiger partial charge in [-0.15, -0.1) is 0 Å². The molecule has 1 fully saturated rings. The van der Waals surface area contributed by atoms with Crippen LogP contribution in [0.25, 0.3) is 11.0 Å². The van der Waals surface area contributed by atoms with E-state index in [0.717, 1.165) is 0 Å². The number of hydrogen-bond donors (Lipinski definition) is 1. The number of aliphatic hydroxyl groups excluding tert-OH is 1. The number of non-ortho nitro benzene ring substituents is 1. The van der Waals surface area contributed by atoms with E-state index in [9.17, 15) is 15.2 Å². The second-order valence-corrected chi connectivity index (χ2v) is 4.21. The SMILES string of the molecule is O=[N+]([O-])c1ccc(N2CCC(O)C2)c2nonc12. The highest BCUT2D eigenvalue weighted by Crippen LogP contribution is 2.32. The predicted molar refractivity (Wildman–Crippen MR) is 61.3 cm³/mol. The topological polar surface area (TPSA) is 106 Å². The summed E-state index contributed by atoms with van der Waals surface area (Å²) in [6.45, 7) is 1.17. The van der Waals surface area contributed by atoms with Crippen molar-refractivity contribution in [2.75, 3.05) is 18.0 Å². The van der Waals surface area contributed by atoms with Crippen LogP contribution in [0.2, 0.25) is 0 Å². The molecule has 8 heteroatoms. The Balaban J connectivity index is 2.12. The van der Waals surface area contributed by atoms with Gasteiger partial charge in [-0.1, -0.05) is 0 Å². The number of nitro groups is 1. The van der Waals surface area contributed by atoms with Crippen LogP contribution in [0.15, 0.2) is 16.8 Å². The second kappa shape index (κ2) is 3.91. The van der Waals surface area contributed by atoms with Crippen molar-refractivity contribution in [2.45, 2.75) is 12.5 Å². The maximum atomic E-state index is 10.8. The molecule has 2 heterocycles. The molecule has 18 heavy (non-hydrogen) atoms. The molecule has 1 aliphatic heterocycles. The molecule has 1 saturated heterocycles. The summed E-state index contributed by atoms with van der Waals surface area (Å²) in [5.41, 5.74) is 1.07. The number of benzene rings is 1. The summed E-state index contributed by atoms with van der Waals surface area (Å²) in [6.07, 6.45) is 0.291. The smallest absolute Gasteiger partial charge is 0.300 e. The maximum Gasteiger partial charge on any atom is 0.300 e. The molecule has 94 valence electrons. The summed E-state index contributed by atoms with van der Waals surface area (Å²) in [4.78, 5) is 12.2. The average molecular weight is 250 g/mol. The van der Waals surface area contributed by atoms with E-state index in [1.165, 1.54) is 6.07 Å². The molecule has 1 unspecified atom stereocenters. The highest BCUT2D eigenvalue weighted by atomic mass is 16.6. The summed E-state index contributed by atoms with van der Waals surface area (Å²) in [7, 11) is 0. The first-order valence-corrected chi connectivity index (χ1v) is 5.49. The lowest BCUT2D eigenvalue weighted by Gasteiger charge is -2.17. The molecule has 0 radical (unpaired) electrons. The van der Waals surface area contributed by atoms with Crippen molar-refractivity contribution < 1.29 is 14.7 Å². The Kier molecular flexibility index (Phi) is 2.37. The quantitative estimate of drug-likeness (QED) is 0.617. The van der Waals surface area contributed by atoms with Gasteiger partial charge >= 0.3 is 5.69 Å². The lowest BCUT2D eigenvalue weighted by Crippen LogP contribution is -2.21. The number of β-amino-alcohol motifs (C(OH)–C–C–N with tert-alkyl or cyclic N) is 1. The first-order valence-electron chi connectivity index (χ1n) is 5.49. The predicted octanol–water partition coefficient (Wildman–Crippen LogP) is 0.702. The van der Waals surface area contributed by atoms with Crippen LogP contribution in [0.5, 0.6) is 0 Å². The van der Waals surface area contributed by atoms with Gasteiger partial charge in [-0.05, 0) is 22.8 Å². The first kappa shape index (κ1) is 10.9. The van der Waals surface area contributed by atoms with Gasteiger partial charge in [0.1, 0.15) is 0 Å². The number of aliphatic hydroxyl groups is 1. The van der Waals surface area contributed by atoms with Gasteiger partial charge in [0.25, 0.3) is 0 Å². The van der Waals surface area contributed by atoms with Crippen LogP contribution in [0.1, 0.15) is 6.42 Å². The lowest BCUT2D eigenvalue weighted by molar-refractivity contribution is -0.383. The van der Waals surface area contributed by atoms with Crippen LogP contribution < -0.4 is 4.90 Å². The molecular formula is C10H10N4O4. The third-order valence-corrected chi connectivity index (χ3v) is 3.07. The fourth-order valence-electron chi connectivity index (χ4n) is 2.20. The molecule has 0 aliphatic carbocycles. The zero-order valence-corrected chi connectivity index (χ0v) is 9.31. The summed E-state index contributed by atoms with van der Waals surface area (Å²) in [6, 6.07) is 3.00. The van der Waals surface area contributed by atoms with Crippen LogP contribution in [-0.2, 0) is 0 Å². The Labute approximate surface area is 101 Å². The summed E-state index contributed by atoms with van der Waals surface area (Å²) in [5.74, 6) is 0. The van der Waals surface area contributed by atoms with Gasteiger partial charge < -0.3 is 10.0 Å². The Morgan fingerprint density at radius 1 is 1.44 bits per heavy atom. The molecule has 1 aliphatic rings. The number of aromatic nitrogens is 2. The second-order valence-electron chi connectivity index (χ2n) is 4.21. The first-order chi connectivity index (χ1) is 8.66. The van der Waals surface area contributed by atoms with E-state index < -0.39 is 4.92 Å². The fraction of sp³-hybridized carbons (Fsp3) is 0.400. The van der Waals surface area contributed by atoms with Crippen molar-refractivity contribution in [3.05, 3.63) is 22.2 Å². The third-order valence-electron chi connectivity index (χ3n) is 3.07. The molecule has 1 atom stereocenters. The van der Waals surface area contributed by atoms with E-state index in [4.69, 9.17) is 0 Å². The summed E-state index contributed by atoms with van der Waals surface area (Å²) in [5, 5.41) is 27.6. The van der Waals surface area contributed by atoms with Crippen LogP contribution >= 0.6 is 0 Å². The van der Waals surface area contributed by atoms with Crippen LogP contribution in [0.3, 0.4) is 0 Å². The molecule has 2 aromatic rings. The molecule has 1 N–H and O–H groups in total. The molecule has 0 spiro atoms. The molecule has 0 amide bonds. The average Bonchev–Trinajstić information content (AvgIpc) is 2.95. The minimum Gasteiger partial charge on any atom is -0.391 e. The van der Waals surface area contributed by atoms with Crippen molar-refractivity contribution in [2.24, 2.45) is 0 Å². The lowest BCUT2D eigenvalue weighted by atomic mass is 10.2. The highest BCUT2D eigenvalue weighted by Gasteiger charge is 2.26. The number of rotatable bonds is 2. The van der Waals surface area contributed by atoms with Gasteiger partial charge in [0.2, 0.25) is 5.52 Å². The summed E-state index contributed by atoms with van der Waals surface area (Å²) < 4.78 is 4.59. The molecule has 0 saturated carbocycles. The maximum absolute atomic E-state index is 10.8. The Bertz CT molecular complexity index is 611. The van der Waals surface area contributed by atoms with Gasteiger partial charge in [-0.3, -0.25) is 10.1 Å². The van der Waals surface area contributed by atoms with Gasteiger partial charge in [0, 0.05) is 19.2 Å². The normalized spacial score (nSPS) is 19.6. The van der Waals surface area contributed by atoms with E-state index in [0.29, 0.717) is 30.7 Å². The highest BCUT2D eigenvalue weighted by molar-refractivity contribution is 5.93. The fourth-order valence-corrected chi connectivity index (χ4v) is 2.20. The Morgan fingerprint density at radius 3 is 2.89 bits per heavy atom. The van der Waals surface area contributed by atoms with E-state index in [2.05, 4.69) is 14.9 Å². The summed E-state index contributed by atoms with van der Waals surface area (Å²) >= 11 is 0. The number of nitrogens with zero attached hydrogens (tertiary/aromatic N) is 4. The number of fused-ring (bicyclic) bond motifs is 1. The van der Waals surface area contributed by atoms with Crippen LogP contribution in [0.4, 0.5) is 11.4 Å². The van der Waals surface area contributed by atoms with Crippen LogP contribution in [0, 0.1) is 10.1 Å². The van der Waals surface area contributed by atoms with Crippen molar-refractivity contribution in [3.8, 4) is 0 Å². The molecule has 1 aromatic heterocycles.